The Kier molecular flexibility index (Phi) is 7.71. The van der Waals surface area contributed by atoms with E-state index in [4.69, 9.17) is 16.3 Å². The highest BCUT2D eigenvalue weighted by molar-refractivity contribution is 7.90. The summed E-state index contributed by atoms with van der Waals surface area (Å²) in [7, 11) is -3.40. The Morgan fingerprint density at radius 1 is 1.11 bits per heavy atom. The Balaban J connectivity index is 1.83. The van der Waals surface area contributed by atoms with Crippen LogP contribution in [0.4, 0.5) is 4.39 Å². The smallest absolute Gasteiger partial charge is 0.294 e. The lowest BCUT2D eigenvalue weighted by molar-refractivity contribution is -0.790. The minimum absolute atomic E-state index is 0.0432. The first-order valence-electron chi connectivity index (χ1n) is 9.50. The number of sulfone groups is 1. The first-order valence-corrected chi connectivity index (χ1v) is 11.8. The second kappa shape index (κ2) is 10.5. The van der Waals surface area contributed by atoms with Crippen LogP contribution in [0.15, 0.2) is 53.7 Å². The normalized spacial score (nSPS) is 12.1. The molecule has 0 aliphatic rings. The first kappa shape index (κ1) is 25.6. The van der Waals surface area contributed by atoms with Crippen molar-refractivity contribution in [3.63, 3.8) is 0 Å². The zero-order valence-corrected chi connectivity index (χ0v) is 19.3. The van der Waals surface area contributed by atoms with Crippen LogP contribution < -0.4 is 4.74 Å². The van der Waals surface area contributed by atoms with Crippen LogP contribution in [0.1, 0.15) is 0 Å². The predicted molar refractivity (Wildman–Crippen MR) is 117 cm³/mol. The van der Waals surface area contributed by atoms with Gasteiger partial charge in [-0.3, -0.25) is 4.57 Å². The average Bonchev–Trinajstić information content (AvgIpc) is 3.16. The molecule has 0 amide bonds. The van der Waals surface area contributed by atoms with Crippen LogP contribution in [0.25, 0.3) is 16.9 Å². The molecular formula is C19H16ClFN4O9S. The lowest BCUT2D eigenvalue weighted by Gasteiger charge is -2.15. The van der Waals surface area contributed by atoms with Gasteiger partial charge >= 0.3 is 0 Å². The van der Waals surface area contributed by atoms with Crippen molar-refractivity contribution in [2.24, 2.45) is 0 Å². The maximum absolute atomic E-state index is 14.7. The molecule has 1 atom stereocenters. The SMILES string of the molecule is CS(=O)(=O)c1ccc(-n2cnc(Cl)c2-c2ccc(OCC(CO[N+](=O)[O-])O[N+](=O)[O-])c(F)c2)cc1. The van der Waals surface area contributed by atoms with Gasteiger partial charge in [0.1, 0.15) is 19.5 Å². The number of halogens is 2. The predicted octanol–water partition coefficient (Wildman–Crippen LogP) is 2.90. The molecule has 1 heterocycles. The van der Waals surface area contributed by atoms with Gasteiger partial charge in [0.2, 0.25) is 0 Å². The average molecular weight is 531 g/mol. The third kappa shape index (κ3) is 6.54. The quantitative estimate of drug-likeness (QED) is 0.265. The van der Waals surface area contributed by atoms with Gasteiger partial charge in [-0.1, -0.05) is 11.6 Å². The summed E-state index contributed by atoms with van der Waals surface area (Å²) in [5.41, 5.74) is 1.11. The third-order valence-electron chi connectivity index (χ3n) is 4.50. The molecule has 35 heavy (non-hydrogen) atoms. The van der Waals surface area contributed by atoms with Crippen LogP contribution >= 0.6 is 11.6 Å². The zero-order valence-electron chi connectivity index (χ0n) is 17.7. The first-order chi connectivity index (χ1) is 16.5. The number of hydrogen-bond donors (Lipinski definition) is 0. The van der Waals surface area contributed by atoms with Crippen molar-refractivity contribution < 1.29 is 37.4 Å². The van der Waals surface area contributed by atoms with Crippen molar-refractivity contribution >= 4 is 21.4 Å². The molecule has 3 rings (SSSR count). The van der Waals surface area contributed by atoms with Gasteiger partial charge in [-0.05, 0) is 42.5 Å². The van der Waals surface area contributed by atoms with Gasteiger partial charge in [-0.15, -0.1) is 20.2 Å². The van der Waals surface area contributed by atoms with Crippen molar-refractivity contribution in [1.82, 2.24) is 9.55 Å². The van der Waals surface area contributed by atoms with Gasteiger partial charge in [0.15, 0.2) is 32.7 Å². The topological polar surface area (TPSA) is 166 Å². The van der Waals surface area contributed by atoms with E-state index >= 15 is 0 Å². The van der Waals surface area contributed by atoms with E-state index < -0.39 is 45.1 Å². The van der Waals surface area contributed by atoms with Gasteiger partial charge in [-0.2, -0.15) is 0 Å². The molecule has 13 nitrogen and oxygen atoms in total. The van der Waals surface area contributed by atoms with Crippen LogP contribution in [0.3, 0.4) is 0 Å². The molecular weight excluding hydrogens is 515 g/mol. The van der Waals surface area contributed by atoms with Crippen molar-refractivity contribution in [3.05, 3.63) is 80.0 Å². The molecule has 0 aliphatic heterocycles. The van der Waals surface area contributed by atoms with Crippen molar-refractivity contribution in [2.75, 3.05) is 19.5 Å². The minimum Gasteiger partial charge on any atom is -0.488 e. The Bertz CT molecular complexity index is 1350. The summed E-state index contributed by atoms with van der Waals surface area (Å²) in [6.07, 6.45) is 0.972. The van der Waals surface area contributed by atoms with E-state index in [-0.39, 0.29) is 15.8 Å². The summed E-state index contributed by atoms with van der Waals surface area (Å²) in [5.74, 6) is -1.18. The second-order valence-electron chi connectivity index (χ2n) is 6.95. The lowest BCUT2D eigenvalue weighted by atomic mass is 10.1. The molecule has 0 radical (unpaired) electrons. The highest BCUT2D eigenvalue weighted by Gasteiger charge is 2.20. The Hall–Kier alpha value is -3.98. The number of rotatable bonds is 11. The molecule has 1 unspecified atom stereocenters. The third-order valence-corrected chi connectivity index (χ3v) is 5.90. The zero-order chi connectivity index (χ0) is 25.8. The van der Waals surface area contributed by atoms with Crippen molar-refractivity contribution in [3.8, 4) is 22.7 Å². The number of ether oxygens (including phenoxy) is 1. The number of aromatic nitrogens is 2. The Morgan fingerprint density at radius 2 is 1.80 bits per heavy atom. The highest BCUT2D eigenvalue weighted by Crippen LogP contribution is 2.32. The Labute approximate surface area is 201 Å². The molecule has 0 fully saturated rings. The minimum atomic E-state index is -3.40. The van der Waals surface area contributed by atoms with Crippen LogP contribution in [0, 0.1) is 26.0 Å². The summed E-state index contributed by atoms with van der Waals surface area (Å²) < 4.78 is 44.8. The molecule has 2 aromatic carbocycles. The molecule has 0 N–H and O–H groups in total. The van der Waals surface area contributed by atoms with Crippen LogP contribution in [-0.2, 0) is 19.5 Å². The molecule has 1 aromatic heterocycles. The van der Waals surface area contributed by atoms with Crippen LogP contribution in [0.2, 0.25) is 5.15 Å². The largest absolute Gasteiger partial charge is 0.488 e. The van der Waals surface area contributed by atoms with E-state index in [0.717, 1.165) is 12.3 Å². The number of hydrogen-bond acceptors (Lipinski definition) is 10. The van der Waals surface area contributed by atoms with Crippen LogP contribution in [0.5, 0.6) is 5.75 Å². The number of nitrogens with zero attached hydrogens (tertiary/aromatic N) is 4. The molecule has 0 aliphatic carbocycles. The maximum Gasteiger partial charge on any atom is 0.294 e. The van der Waals surface area contributed by atoms with Gasteiger partial charge < -0.3 is 14.4 Å². The van der Waals surface area contributed by atoms with E-state index in [1.807, 2.05) is 0 Å². The molecule has 16 heteroatoms. The Morgan fingerprint density at radius 3 is 2.37 bits per heavy atom. The molecule has 3 aromatic rings. The van der Waals surface area contributed by atoms with Crippen molar-refractivity contribution in [2.45, 2.75) is 11.0 Å². The van der Waals surface area contributed by atoms with E-state index in [1.54, 1.807) is 0 Å². The fraction of sp³-hybridized carbons (Fsp3) is 0.211. The molecule has 0 bridgehead atoms. The fourth-order valence-electron chi connectivity index (χ4n) is 2.96. The van der Waals surface area contributed by atoms with Gasteiger partial charge in [0, 0.05) is 17.5 Å². The van der Waals surface area contributed by atoms with Crippen molar-refractivity contribution in [1.29, 1.82) is 0 Å². The fourth-order valence-corrected chi connectivity index (χ4v) is 3.83. The standard InChI is InChI=1S/C19H16ClFN4O9S/c1-35(30,31)15-5-3-13(4-6-15)23-11-22-19(20)18(23)12-2-7-17(16(21)8-12)32-9-14(34-25(28)29)10-33-24(26)27/h2-8,11,14H,9-10H2,1H3. The monoisotopic (exact) mass is 530 g/mol. The van der Waals surface area contributed by atoms with Gasteiger partial charge in [0.25, 0.3) is 10.2 Å². The summed E-state index contributed by atoms with van der Waals surface area (Å²) in [6, 6.07) is 9.64. The molecule has 186 valence electrons. The second-order valence-corrected chi connectivity index (χ2v) is 9.32. The number of imidazole rings is 1. The summed E-state index contributed by atoms with van der Waals surface area (Å²) in [4.78, 5) is 33.3. The molecule has 0 saturated heterocycles. The van der Waals surface area contributed by atoms with E-state index in [0.29, 0.717) is 16.9 Å². The van der Waals surface area contributed by atoms with E-state index in [2.05, 4.69) is 14.7 Å². The highest BCUT2D eigenvalue weighted by atomic mass is 35.5. The summed E-state index contributed by atoms with van der Waals surface area (Å²) in [6.45, 7) is -1.42. The molecule has 0 spiro atoms. The van der Waals surface area contributed by atoms with E-state index in [9.17, 15) is 33.0 Å². The van der Waals surface area contributed by atoms with Gasteiger partial charge in [-0.25, -0.2) is 17.8 Å². The van der Waals surface area contributed by atoms with Crippen LogP contribution in [-0.4, -0.2) is 53.7 Å². The number of benzene rings is 2. The van der Waals surface area contributed by atoms with Gasteiger partial charge in [0.05, 0.1) is 10.6 Å². The summed E-state index contributed by atoms with van der Waals surface area (Å²) >= 11 is 6.21. The maximum atomic E-state index is 14.7. The lowest BCUT2D eigenvalue weighted by Crippen LogP contribution is -2.30. The van der Waals surface area contributed by atoms with E-state index in [1.165, 1.54) is 47.3 Å². The summed E-state index contributed by atoms with van der Waals surface area (Å²) in [5, 5.41) is 18.5. The molecule has 0 saturated carbocycles.